The van der Waals surface area contributed by atoms with E-state index >= 15 is 0 Å². The first-order valence-electron chi connectivity index (χ1n) is 11.4. The van der Waals surface area contributed by atoms with E-state index in [9.17, 15) is 4.79 Å². The van der Waals surface area contributed by atoms with Gasteiger partial charge < -0.3 is 24.3 Å². The predicted molar refractivity (Wildman–Crippen MR) is 136 cm³/mol. The molecular weight excluding hydrogens is 468 g/mol. The highest BCUT2D eigenvalue weighted by Crippen LogP contribution is 2.39. The van der Waals surface area contributed by atoms with Crippen LogP contribution in [-0.2, 0) is 0 Å². The molecule has 184 valence electrons. The number of rotatable bonds is 10. The van der Waals surface area contributed by atoms with Gasteiger partial charge in [0.05, 0.1) is 42.8 Å². The van der Waals surface area contributed by atoms with Crippen LogP contribution in [0.4, 0.5) is 5.82 Å². The molecule has 4 rings (SSSR count). The zero-order valence-corrected chi connectivity index (χ0v) is 21.2. The standard InChI is InChI=1S/C25H28N4O5S/c1-6-32-19-12-16(13-20(33-7-2)23(19)34-8-3)24(30)27-22-11-15(4)28-29(22)25-26-18-14-17(31-5)9-10-21(18)35-25/h9-14H,6-8H2,1-5H3,(H,27,30). The van der Waals surface area contributed by atoms with Crippen molar-refractivity contribution in [2.24, 2.45) is 0 Å². The Morgan fingerprint density at radius 1 is 1.00 bits per heavy atom. The van der Waals surface area contributed by atoms with E-state index in [-0.39, 0.29) is 5.91 Å². The van der Waals surface area contributed by atoms with Crippen molar-refractivity contribution in [1.29, 1.82) is 0 Å². The van der Waals surface area contributed by atoms with Crippen molar-refractivity contribution in [2.75, 3.05) is 32.2 Å². The number of amides is 1. The number of thiazole rings is 1. The molecule has 2 heterocycles. The molecule has 2 aromatic heterocycles. The first kappa shape index (κ1) is 24.3. The second kappa shape index (κ2) is 10.6. The van der Waals surface area contributed by atoms with E-state index in [4.69, 9.17) is 18.9 Å². The van der Waals surface area contributed by atoms with E-state index in [1.54, 1.807) is 30.0 Å². The van der Waals surface area contributed by atoms with Gasteiger partial charge >= 0.3 is 0 Å². The third kappa shape index (κ3) is 5.17. The number of nitrogens with zero attached hydrogens (tertiary/aromatic N) is 3. The number of benzene rings is 2. The number of methoxy groups -OCH3 is 1. The number of fused-ring (bicyclic) bond motifs is 1. The van der Waals surface area contributed by atoms with Crippen LogP contribution in [0.1, 0.15) is 36.8 Å². The normalized spacial score (nSPS) is 10.9. The minimum absolute atomic E-state index is 0.334. The average molecular weight is 497 g/mol. The number of ether oxygens (including phenoxy) is 4. The molecule has 2 aromatic carbocycles. The second-order valence-corrected chi connectivity index (χ2v) is 8.48. The summed E-state index contributed by atoms with van der Waals surface area (Å²) in [6.07, 6.45) is 0. The van der Waals surface area contributed by atoms with Crippen LogP contribution < -0.4 is 24.3 Å². The van der Waals surface area contributed by atoms with Gasteiger partial charge in [-0.15, -0.1) is 0 Å². The molecule has 1 N–H and O–H groups in total. The van der Waals surface area contributed by atoms with Gasteiger partial charge in [0.2, 0.25) is 10.9 Å². The fourth-order valence-corrected chi connectivity index (χ4v) is 4.47. The lowest BCUT2D eigenvalue weighted by molar-refractivity contribution is 0.102. The molecule has 0 atom stereocenters. The van der Waals surface area contributed by atoms with E-state index in [2.05, 4.69) is 15.4 Å². The SMILES string of the molecule is CCOc1cc(C(=O)Nc2cc(C)nn2-c2nc3cc(OC)ccc3s2)cc(OCC)c1OCC. The van der Waals surface area contributed by atoms with Crippen LogP contribution in [0.2, 0.25) is 0 Å². The predicted octanol–water partition coefficient (Wildman–Crippen LogP) is 5.25. The lowest BCUT2D eigenvalue weighted by atomic mass is 10.1. The molecule has 4 aromatic rings. The number of aromatic nitrogens is 3. The van der Waals surface area contributed by atoms with Crippen molar-refractivity contribution in [3.63, 3.8) is 0 Å². The Bertz CT molecular complexity index is 1320. The van der Waals surface area contributed by atoms with E-state index in [0.29, 0.717) is 53.6 Å². The average Bonchev–Trinajstić information content (AvgIpc) is 3.43. The third-order valence-electron chi connectivity index (χ3n) is 5.01. The van der Waals surface area contributed by atoms with E-state index in [1.165, 1.54) is 11.3 Å². The number of hydrogen-bond donors (Lipinski definition) is 1. The van der Waals surface area contributed by atoms with Crippen LogP contribution in [0, 0.1) is 6.92 Å². The molecule has 0 saturated carbocycles. The van der Waals surface area contributed by atoms with Crippen molar-refractivity contribution < 1.29 is 23.7 Å². The highest BCUT2D eigenvalue weighted by molar-refractivity contribution is 7.20. The topological polar surface area (TPSA) is 96.7 Å². The van der Waals surface area contributed by atoms with Crippen LogP contribution >= 0.6 is 11.3 Å². The summed E-state index contributed by atoms with van der Waals surface area (Å²) >= 11 is 1.47. The monoisotopic (exact) mass is 496 g/mol. The molecule has 0 fully saturated rings. The number of aryl methyl sites for hydroxylation is 1. The largest absolute Gasteiger partial charge is 0.497 e. The third-order valence-corrected chi connectivity index (χ3v) is 6.02. The van der Waals surface area contributed by atoms with E-state index < -0.39 is 0 Å². The van der Waals surface area contributed by atoms with Gasteiger partial charge in [-0.05, 0) is 52.0 Å². The maximum absolute atomic E-state index is 13.3. The number of carbonyl (C=O) groups excluding carboxylic acids is 1. The Labute approximate surface area is 207 Å². The van der Waals surface area contributed by atoms with Crippen LogP contribution in [0.25, 0.3) is 15.3 Å². The maximum Gasteiger partial charge on any atom is 0.257 e. The quantitative estimate of drug-likeness (QED) is 0.320. The fourth-order valence-electron chi connectivity index (χ4n) is 3.56. The van der Waals surface area contributed by atoms with Crippen LogP contribution in [0.5, 0.6) is 23.0 Å². The molecule has 0 spiro atoms. The molecule has 1 amide bonds. The van der Waals surface area contributed by atoms with Crippen molar-refractivity contribution in [1.82, 2.24) is 14.8 Å². The second-order valence-electron chi connectivity index (χ2n) is 7.47. The van der Waals surface area contributed by atoms with Gasteiger partial charge in [0.25, 0.3) is 5.91 Å². The summed E-state index contributed by atoms with van der Waals surface area (Å²) < 4.78 is 25.1. The highest BCUT2D eigenvalue weighted by Gasteiger charge is 2.20. The summed E-state index contributed by atoms with van der Waals surface area (Å²) in [5.41, 5.74) is 1.91. The maximum atomic E-state index is 13.3. The summed E-state index contributed by atoms with van der Waals surface area (Å²) in [5.74, 6) is 2.29. The molecule has 35 heavy (non-hydrogen) atoms. The van der Waals surface area contributed by atoms with Crippen molar-refractivity contribution in [3.05, 3.63) is 47.7 Å². The Kier molecular flexibility index (Phi) is 7.40. The minimum Gasteiger partial charge on any atom is -0.497 e. The smallest absolute Gasteiger partial charge is 0.257 e. The molecular formula is C25H28N4O5S. The first-order chi connectivity index (χ1) is 17.0. The molecule has 0 aliphatic carbocycles. The molecule has 0 bridgehead atoms. The summed E-state index contributed by atoms with van der Waals surface area (Å²) in [5, 5.41) is 8.13. The molecule has 0 aliphatic heterocycles. The summed E-state index contributed by atoms with van der Waals surface area (Å²) in [6, 6.07) is 10.8. The van der Waals surface area contributed by atoms with E-state index in [1.807, 2.05) is 45.9 Å². The Morgan fingerprint density at radius 2 is 1.69 bits per heavy atom. The van der Waals surface area contributed by atoms with Gasteiger partial charge in [0.15, 0.2) is 11.5 Å². The number of hydrogen-bond acceptors (Lipinski definition) is 8. The number of anilines is 1. The van der Waals surface area contributed by atoms with Crippen LogP contribution in [0.15, 0.2) is 36.4 Å². The number of nitrogens with one attached hydrogen (secondary N) is 1. The Hall–Kier alpha value is -3.79. The fraction of sp³-hybridized carbons (Fsp3) is 0.320. The molecule has 0 aliphatic rings. The zero-order chi connectivity index (χ0) is 24.9. The molecule has 0 saturated heterocycles. The van der Waals surface area contributed by atoms with Gasteiger partial charge in [-0.2, -0.15) is 9.78 Å². The summed E-state index contributed by atoms with van der Waals surface area (Å²) in [7, 11) is 1.62. The minimum atomic E-state index is -0.334. The lowest BCUT2D eigenvalue weighted by Gasteiger charge is -2.17. The summed E-state index contributed by atoms with van der Waals surface area (Å²) in [4.78, 5) is 18.0. The summed E-state index contributed by atoms with van der Waals surface area (Å²) in [6.45, 7) is 8.78. The van der Waals surface area contributed by atoms with Gasteiger partial charge in [0.1, 0.15) is 11.6 Å². The molecule has 0 radical (unpaired) electrons. The molecule has 0 unspecified atom stereocenters. The Balaban J connectivity index is 1.68. The first-order valence-corrected chi connectivity index (χ1v) is 12.2. The number of carbonyl (C=O) groups is 1. The van der Waals surface area contributed by atoms with Crippen molar-refractivity contribution in [2.45, 2.75) is 27.7 Å². The van der Waals surface area contributed by atoms with Crippen LogP contribution in [-0.4, -0.2) is 47.6 Å². The molecule has 10 heteroatoms. The van der Waals surface area contributed by atoms with Crippen molar-refractivity contribution >= 4 is 33.3 Å². The lowest BCUT2D eigenvalue weighted by Crippen LogP contribution is -2.16. The Morgan fingerprint density at radius 3 is 2.31 bits per heavy atom. The van der Waals surface area contributed by atoms with Gasteiger partial charge in [0, 0.05) is 17.7 Å². The van der Waals surface area contributed by atoms with Gasteiger partial charge in [-0.3, -0.25) is 4.79 Å². The zero-order valence-electron chi connectivity index (χ0n) is 20.4. The van der Waals surface area contributed by atoms with Crippen LogP contribution in [0.3, 0.4) is 0 Å². The molecule has 9 nitrogen and oxygen atoms in total. The highest BCUT2D eigenvalue weighted by atomic mass is 32.1. The van der Waals surface area contributed by atoms with Crippen molar-refractivity contribution in [3.8, 4) is 28.1 Å². The van der Waals surface area contributed by atoms with Gasteiger partial charge in [-0.1, -0.05) is 11.3 Å². The van der Waals surface area contributed by atoms with Gasteiger partial charge in [-0.25, -0.2) is 4.98 Å². The van der Waals surface area contributed by atoms with E-state index in [0.717, 1.165) is 21.7 Å².